The van der Waals surface area contributed by atoms with Crippen LogP contribution in [-0.4, -0.2) is 36.4 Å². The molecular formula is C12H25NO3. The smallest absolute Gasteiger partial charge is 0.323 e. The average Bonchev–Trinajstić information content (AvgIpc) is 2.26. The van der Waals surface area contributed by atoms with E-state index in [1.54, 1.807) is 0 Å². The highest BCUT2D eigenvalue weighted by molar-refractivity contribution is 5.75. The second-order valence-electron chi connectivity index (χ2n) is 4.03. The van der Waals surface area contributed by atoms with Crippen LogP contribution >= 0.6 is 0 Å². The molecule has 0 spiro atoms. The number of carbonyl (C=O) groups is 1. The minimum atomic E-state index is -0.210. The molecule has 4 nitrogen and oxygen atoms in total. The number of aliphatic hydroxyl groups is 1. The zero-order valence-corrected chi connectivity index (χ0v) is 10.7. The average molecular weight is 231 g/mol. The second kappa shape index (κ2) is 9.60. The van der Waals surface area contributed by atoms with Crippen molar-refractivity contribution in [1.82, 2.24) is 5.32 Å². The topological polar surface area (TPSA) is 58.6 Å². The zero-order valence-electron chi connectivity index (χ0n) is 10.7. The quantitative estimate of drug-likeness (QED) is 0.590. The predicted molar refractivity (Wildman–Crippen MR) is 64.2 cm³/mol. The Kier molecular flexibility index (Phi) is 9.24. The molecule has 16 heavy (non-hydrogen) atoms. The fourth-order valence-corrected chi connectivity index (χ4v) is 1.63. The van der Waals surface area contributed by atoms with Crippen molar-refractivity contribution < 1.29 is 14.6 Å². The molecule has 2 atom stereocenters. The van der Waals surface area contributed by atoms with Crippen molar-refractivity contribution in [1.29, 1.82) is 0 Å². The summed E-state index contributed by atoms with van der Waals surface area (Å²) in [6, 6.07) is 0.0201. The van der Waals surface area contributed by atoms with Crippen LogP contribution in [-0.2, 0) is 9.53 Å². The SMILES string of the molecule is CCCC(NC(C)CCCO)C(=O)OCC. The van der Waals surface area contributed by atoms with E-state index in [-0.39, 0.29) is 24.7 Å². The first-order valence-electron chi connectivity index (χ1n) is 6.19. The molecule has 0 aromatic heterocycles. The van der Waals surface area contributed by atoms with Gasteiger partial charge >= 0.3 is 5.97 Å². The van der Waals surface area contributed by atoms with Crippen LogP contribution in [0.5, 0.6) is 0 Å². The van der Waals surface area contributed by atoms with Crippen molar-refractivity contribution in [2.24, 2.45) is 0 Å². The Morgan fingerprint density at radius 1 is 1.38 bits per heavy atom. The summed E-state index contributed by atoms with van der Waals surface area (Å²) in [7, 11) is 0. The third-order valence-corrected chi connectivity index (χ3v) is 2.43. The van der Waals surface area contributed by atoms with E-state index in [0.717, 1.165) is 25.7 Å². The van der Waals surface area contributed by atoms with E-state index in [4.69, 9.17) is 9.84 Å². The number of aliphatic hydroxyl groups excluding tert-OH is 1. The molecule has 0 aliphatic heterocycles. The largest absolute Gasteiger partial charge is 0.465 e. The molecule has 96 valence electrons. The van der Waals surface area contributed by atoms with Gasteiger partial charge in [0.25, 0.3) is 0 Å². The summed E-state index contributed by atoms with van der Waals surface area (Å²) in [5.74, 6) is -0.166. The van der Waals surface area contributed by atoms with Gasteiger partial charge in [0.2, 0.25) is 0 Å². The van der Waals surface area contributed by atoms with Gasteiger partial charge in [-0.05, 0) is 33.1 Å². The van der Waals surface area contributed by atoms with Crippen LogP contribution in [0.25, 0.3) is 0 Å². The van der Waals surface area contributed by atoms with Gasteiger partial charge in [-0.3, -0.25) is 4.79 Å². The van der Waals surface area contributed by atoms with Gasteiger partial charge in [0.1, 0.15) is 6.04 Å². The Morgan fingerprint density at radius 3 is 2.56 bits per heavy atom. The lowest BCUT2D eigenvalue weighted by molar-refractivity contribution is -0.146. The molecule has 0 saturated carbocycles. The molecule has 0 radical (unpaired) electrons. The van der Waals surface area contributed by atoms with E-state index in [0.29, 0.717) is 6.61 Å². The number of hydrogen-bond donors (Lipinski definition) is 2. The van der Waals surface area contributed by atoms with Gasteiger partial charge in [-0.15, -0.1) is 0 Å². The minimum absolute atomic E-state index is 0.166. The van der Waals surface area contributed by atoms with E-state index in [1.165, 1.54) is 0 Å². The summed E-state index contributed by atoms with van der Waals surface area (Å²) in [6.45, 7) is 6.51. The number of carbonyl (C=O) groups excluding carboxylic acids is 1. The van der Waals surface area contributed by atoms with Gasteiger partial charge in [0.05, 0.1) is 6.61 Å². The summed E-state index contributed by atoms with van der Waals surface area (Å²) < 4.78 is 5.01. The van der Waals surface area contributed by atoms with Gasteiger partial charge in [-0.2, -0.15) is 0 Å². The third kappa shape index (κ3) is 6.80. The molecule has 0 amide bonds. The first-order chi connectivity index (χ1) is 7.65. The van der Waals surface area contributed by atoms with Gasteiger partial charge in [0, 0.05) is 12.6 Å². The summed E-state index contributed by atoms with van der Waals surface area (Å²) in [4.78, 5) is 11.6. The van der Waals surface area contributed by atoms with Crippen LogP contribution in [0.1, 0.15) is 46.5 Å². The lowest BCUT2D eigenvalue weighted by Crippen LogP contribution is -2.43. The fourth-order valence-electron chi connectivity index (χ4n) is 1.63. The first-order valence-corrected chi connectivity index (χ1v) is 6.19. The summed E-state index contributed by atoms with van der Waals surface area (Å²) in [5, 5.41) is 12.0. The molecule has 0 aromatic rings. The van der Waals surface area contributed by atoms with Crippen molar-refractivity contribution in [3.63, 3.8) is 0 Å². The lowest BCUT2D eigenvalue weighted by atomic mass is 10.1. The summed E-state index contributed by atoms with van der Waals surface area (Å²) in [6.07, 6.45) is 3.37. The third-order valence-electron chi connectivity index (χ3n) is 2.43. The molecule has 0 aliphatic carbocycles. The van der Waals surface area contributed by atoms with Crippen molar-refractivity contribution in [2.75, 3.05) is 13.2 Å². The van der Waals surface area contributed by atoms with Gasteiger partial charge in [-0.25, -0.2) is 0 Å². The number of esters is 1. The molecule has 0 bridgehead atoms. The molecule has 2 N–H and O–H groups in total. The van der Waals surface area contributed by atoms with E-state index in [2.05, 4.69) is 5.32 Å². The maximum atomic E-state index is 11.6. The molecule has 2 unspecified atom stereocenters. The number of hydrogen-bond acceptors (Lipinski definition) is 4. The molecule has 4 heteroatoms. The second-order valence-corrected chi connectivity index (χ2v) is 4.03. The van der Waals surface area contributed by atoms with E-state index in [1.807, 2.05) is 20.8 Å². The molecule has 0 heterocycles. The molecule has 0 rings (SSSR count). The van der Waals surface area contributed by atoms with E-state index < -0.39 is 0 Å². The van der Waals surface area contributed by atoms with E-state index in [9.17, 15) is 4.79 Å². The number of rotatable bonds is 9. The highest BCUT2D eigenvalue weighted by atomic mass is 16.5. The Labute approximate surface area is 98.4 Å². The van der Waals surface area contributed by atoms with Gasteiger partial charge < -0.3 is 15.2 Å². The molecule has 0 saturated heterocycles. The highest BCUT2D eigenvalue weighted by Crippen LogP contribution is 2.04. The van der Waals surface area contributed by atoms with Crippen LogP contribution in [0.4, 0.5) is 0 Å². The Hall–Kier alpha value is -0.610. The number of nitrogens with one attached hydrogen (secondary N) is 1. The van der Waals surface area contributed by atoms with Crippen molar-refractivity contribution in [3.8, 4) is 0 Å². The van der Waals surface area contributed by atoms with Crippen molar-refractivity contribution in [2.45, 2.75) is 58.5 Å². The zero-order chi connectivity index (χ0) is 12.4. The van der Waals surface area contributed by atoms with Crippen LogP contribution in [0.3, 0.4) is 0 Å². The molecule has 0 aliphatic rings. The summed E-state index contributed by atoms with van der Waals surface area (Å²) >= 11 is 0. The number of ether oxygens (including phenoxy) is 1. The molecular weight excluding hydrogens is 206 g/mol. The van der Waals surface area contributed by atoms with Crippen molar-refractivity contribution >= 4 is 5.97 Å². The lowest BCUT2D eigenvalue weighted by Gasteiger charge is -2.21. The maximum Gasteiger partial charge on any atom is 0.323 e. The summed E-state index contributed by atoms with van der Waals surface area (Å²) in [5.41, 5.74) is 0. The maximum absolute atomic E-state index is 11.6. The Morgan fingerprint density at radius 2 is 2.06 bits per heavy atom. The van der Waals surface area contributed by atoms with Gasteiger partial charge in [-0.1, -0.05) is 13.3 Å². The predicted octanol–water partition coefficient (Wildman–Crippen LogP) is 1.47. The highest BCUT2D eigenvalue weighted by Gasteiger charge is 2.20. The van der Waals surface area contributed by atoms with Crippen molar-refractivity contribution in [3.05, 3.63) is 0 Å². The Bertz CT molecular complexity index is 185. The molecule has 0 aromatic carbocycles. The standard InChI is InChI=1S/C12H25NO3/c1-4-7-11(12(15)16-5-2)13-10(3)8-6-9-14/h10-11,13-14H,4-9H2,1-3H3. The van der Waals surface area contributed by atoms with Crippen LogP contribution < -0.4 is 5.32 Å². The monoisotopic (exact) mass is 231 g/mol. The minimum Gasteiger partial charge on any atom is -0.465 e. The van der Waals surface area contributed by atoms with Crippen LogP contribution in [0.15, 0.2) is 0 Å². The van der Waals surface area contributed by atoms with Gasteiger partial charge in [0.15, 0.2) is 0 Å². The van der Waals surface area contributed by atoms with E-state index >= 15 is 0 Å². The molecule has 0 fully saturated rings. The van der Waals surface area contributed by atoms with Crippen LogP contribution in [0, 0.1) is 0 Å². The normalized spacial score (nSPS) is 14.5. The first kappa shape index (κ1) is 15.4. The Balaban J connectivity index is 4.04. The fraction of sp³-hybridized carbons (Fsp3) is 0.917. The van der Waals surface area contributed by atoms with Crippen LogP contribution in [0.2, 0.25) is 0 Å².